The van der Waals surface area contributed by atoms with Crippen LogP contribution in [0.5, 0.6) is 23.0 Å². The highest BCUT2D eigenvalue weighted by Gasteiger charge is 2.29. The second-order valence-electron chi connectivity index (χ2n) is 19.6. The van der Waals surface area contributed by atoms with Gasteiger partial charge < -0.3 is 112 Å². The molecule has 89 heavy (non-hydrogen) atoms. The Hall–Kier alpha value is -11.1. The van der Waals surface area contributed by atoms with Crippen molar-refractivity contribution >= 4 is 93.8 Å². The number of hydrogen-bond donors (Lipinski definition) is 21. The molecule has 0 aromatic heterocycles. The molecule has 0 aliphatic carbocycles. The molecule has 0 spiro atoms. The van der Waals surface area contributed by atoms with Gasteiger partial charge in [-0.2, -0.15) is 0 Å². The summed E-state index contributed by atoms with van der Waals surface area (Å²) in [6, 6.07) is 11.9. The first-order valence-corrected chi connectivity index (χ1v) is 27.6. The van der Waals surface area contributed by atoms with E-state index in [-0.39, 0.29) is 156 Å². The molecule has 0 saturated heterocycles. The van der Waals surface area contributed by atoms with Crippen molar-refractivity contribution in [2.75, 3.05) is 75.9 Å². The lowest BCUT2D eigenvalue weighted by molar-refractivity contribution is -0.118. The van der Waals surface area contributed by atoms with Gasteiger partial charge in [0.25, 0.3) is 23.6 Å². The van der Waals surface area contributed by atoms with Crippen LogP contribution in [0.2, 0.25) is 0 Å². The summed E-state index contributed by atoms with van der Waals surface area (Å²) in [6.07, 6.45) is 1.29. The van der Waals surface area contributed by atoms with E-state index in [9.17, 15) is 38.4 Å². The van der Waals surface area contributed by atoms with E-state index in [0.29, 0.717) is 13.0 Å². The number of anilines is 4. The Labute approximate surface area is 512 Å². The number of nitrogens with two attached hydrogens (primary N) is 6. The molecule has 27 N–H and O–H groups in total. The highest BCUT2D eigenvalue weighted by atomic mass is 16.5. The molecule has 0 aliphatic heterocycles. The van der Waals surface area contributed by atoms with Crippen LogP contribution in [0.1, 0.15) is 92.8 Å². The predicted molar refractivity (Wildman–Crippen MR) is 333 cm³/mol. The fourth-order valence-electron chi connectivity index (χ4n) is 8.57. The fraction of sp³-hybridized carbons (Fsp3) is 0.357. The Bertz CT molecular complexity index is 3240. The van der Waals surface area contributed by atoms with Crippen molar-refractivity contribution in [3.8, 4) is 23.0 Å². The molecule has 480 valence electrons. The fourth-order valence-corrected chi connectivity index (χ4v) is 8.57. The van der Waals surface area contributed by atoms with Gasteiger partial charge in [-0.3, -0.25) is 60.0 Å². The van der Waals surface area contributed by atoms with Crippen molar-refractivity contribution in [2.45, 2.75) is 75.5 Å². The molecule has 0 radical (unpaired) electrons. The van der Waals surface area contributed by atoms with E-state index >= 15 is 0 Å². The monoisotopic (exact) mass is 1240 g/mol. The molecule has 8 amide bonds. The number of benzene rings is 4. The summed E-state index contributed by atoms with van der Waals surface area (Å²) in [5, 5.41) is 59.4. The van der Waals surface area contributed by atoms with E-state index in [1.165, 1.54) is 101 Å². The van der Waals surface area contributed by atoms with Crippen LogP contribution in [0.25, 0.3) is 0 Å². The molecule has 0 fully saturated rings. The lowest BCUT2D eigenvalue weighted by atomic mass is 10.1. The van der Waals surface area contributed by atoms with Crippen molar-refractivity contribution in [1.29, 1.82) is 21.6 Å². The summed E-state index contributed by atoms with van der Waals surface area (Å²) in [6.45, 7) is 0.749. The molecule has 0 heterocycles. The third-order valence-electron chi connectivity index (χ3n) is 13.0. The summed E-state index contributed by atoms with van der Waals surface area (Å²) in [7, 11) is 5.26. The predicted octanol–water partition coefficient (Wildman–Crippen LogP) is -0.650. The first kappa shape index (κ1) is 70.4. The molecular weight excluding hydrogens is 1160 g/mol. The summed E-state index contributed by atoms with van der Waals surface area (Å²) in [5.41, 5.74) is 33.5. The molecule has 4 rings (SSSR count). The lowest BCUT2D eigenvalue weighted by Gasteiger charge is -2.22. The van der Waals surface area contributed by atoms with E-state index in [2.05, 4.69) is 58.5 Å². The van der Waals surface area contributed by atoms with E-state index in [1.807, 2.05) is 0 Å². The number of carbonyl (C=O) groups excluding carboxylic acids is 8. The van der Waals surface area contributed by atoms with E-state index in [1.54, 1.807) is 0 Å². The normalized spacial score (nSPS) is 11.9. The van der Waals surface area contributed by atoms with Crippen LogP contribution >= 0.6 is 0 Å². The highest BCUT2D eigenvalue weighted by molar-refractivity contribution is 6.08. The molecule has 0 aliphatic rings. The van der Waals surface area contributed by atoms with Crippen molar-refractivity contribution in [2.24, 2.45) is 34.4 Å². The number of primary amides is 1. The number of methoxy groups -OCH3 is 4. The summed E-state index contributed by atoms with van der Waals surface area (Å²) >= 11 is 0. The number of ether oxygens (including phenoxy) is 4. The standard InChI is InChI=1S/C56H79N21O12/c1-86-41-17-13-29(25-33(41)45(58)78)72-50(83)38(10-6-22-68-54(61)62)75-47(80)35-27-31(15-19-43(35)88-3)74-52(85)40(12-8-24-70-56(65)66)77-48(81)36-28-32(16-20-44(36)89-4)73-51(84)39(11-7-23-69-55(63)64)76-46(79)34-26-30(14-18-42(34)87-2)71-49(82)37(57)9-5-21-67-53(59)60/h13-20,25-28,37-40H,5-12,21-24,57H2,1-4H3,(H2,58,78)(H,71,82)(H,72,83)(H,73,84)(H,74,85)(H,75,80)(H,76,79)(H,77,81)(H4,59,60,67)(H4,61,62,68)(H4,63,64,69)(H4,65,66,70)/t37-,38-,39-,40-/m1/s1. The van der Waals surface area contributed by atoms with Crippen LogP contribution in [0.3, 0.4) is 0 Å². The number of carbonyl (C=O) groups is 8. The van der Waals surface area contributed by atoms with Crippen molar-refractivity contribution in [1.82, 2.24) is 37.2 Å². The molecule has 4 aromatic rings. The maximum absolute atomic E-state index is 14.4. The van der Waals surface area contributed by atoms with Crippen LogP contribution in [0, 0.1) is 21.6 Å². The number of guanidine groups is 4. The first-order valence-electron chi connectivity index (χ1n) is 27.6. The number of amides is 8. The van der Waals surface area contributed by atoms with Gasteiger partial charge in [0.05, 0.1) is 56.7 Å². The molecule has 0 unspecified atom stereocenters. The zero-order chi connectivity index (χ0) is 65.7. The van der Waals surface area contributed by atoms with Gasteiger partial charge >= 0.3 is 0 Å². The zero-order valence-corrected chi connectivity index (χ0v) is 49.6. The van der Waals surface area contributed by atoms with Crippen molar-refractivity contribution in [3.63, 3.8) is 0 Å². The van der Waals surface area contributed by atoms with Gasteiger partial charge in [-0.1, -0.05) is 0 Å². The molecule has 4 aromatic carbocycles. The van der Waals surface area contributed by atoms with Gasteiger partial charge in [0.1, 0.15) is 41.1 Å². The van der Waals surface area contributed by atoms with E-state index in [0.717, 1.165) is 0 Å². The summed E-state index contributed by atoms with van der Waals surface area (Å²) < 4.78 is 21.7. The Kier molecular flexibility index (Phi) is 28.0. The number of rotatable bonds is 35. The van der Waals surface area contributed by atoms with E-state index < -0.39 is 71.4 Å². The second-order valence-corrected chi connectivity index (χ2v) is 19.6. The van der Waals surface area contributed by atoms with Crippen LogP contribution in [-0.4, -0.2) is 150 Å². The number of nitrogens with one attached hydrogen (secondary N) is 15. The van der Waals surface area contributed by atoms with E-state index in [4.69, 9.17) is 75.0 Å². The third-order valence-corrected chi connectivity index (χ3v) is 13.0. The van der Waals surface area contributed by atoms with Crippen LogP contribution in [0.15, 0.2) is 72.8 Å². The largest absolute Gasteiger partial charge is 0.496 e. The minimum absolute atomic E-state index is 0.00530. The Morgan fingerprint density at radius 1 is 0.382 bits per heavy atom. The van der Waals surface area contributed by atoms with Gasteiger partial charge in [-0.15, -0.1) is 0 Å². The minimum atomic E-state index is -1.33. The highest BCUT2D eigenvalue weighted by Crippen LogP contribution is 2.28. The lowest BCUT2D eigenvalue weighted by Crippen LogP contribution is -2.45. The van der Waals surface area contributed by atoms with Crippen LogP contribution in [0.4, 0.5) is 22.7 Å². The van der Waals surface area contributed by atoms with Gasteiger partial charge in [-0.25, -0.2) is 0 Å². The molecular formula is C56H79N21O12. The summed E-state index contributed by atoms with van der Waals surface area (Å²) in [5.74, 6) is -6.90. The van der Waals surface area contributed by atoms with Gasteiger partial charge in [0.2, 0.25) is 23.6 Å². The van der Waals surface area contributed by atoms with Crippen molar-refractivity contribution in [3.05, 3.63) is 95.1 Å². The molecule has 0 bridgehead atoms. The molecule has 33 nitrogen and oxygen atoms in total. The summed E-state index contributed by atoms with van der Waals surface area (Å²) in [4.78, 5) is 110. The quantitative estimate of drug-likeness (QED) is 0.0155. The Balaban J connectivity index is 1.59. The maximum Gasteiger partial charge on any atom is 0.255 e. The SMILES string of the molecule is COc1ccc(NC(=O)[C@@H](CCCNC(=N)N)NC(=O)c2cc(NC(=O)[C@@H](CCCNC(=N)N)NC(=O)c3cc(NC(=O)[C@@H](CCCNC(=N)N)NC(=O)c4cc(NC(=O)[C@H](N)CCCNC(=N)N)ccc4OC)ccc3OC)ccc2OC)cc1C(N)=O. The maximum atomic E-state index is 14.4. The Morgan fingerprint density at radius 2 is 0.629 bits per heavy atom. The first-order chi connectivity index (χ1) is 42.4. The average Bonchev–Trinajstić information content (AvgIpc) is 2.33. The third kappa shape index (κ3) is 23.0. The smallest absolute Gasteiger partial charge is 0.255 e. The zero-order valence-electron chi connectivity index (χ0n) is 49.6. The van der Waals surface area contributed by atoms with Gasteiger partial charge in [-0.05, 0) is 124 Å². The second kappa shape index (κ2) is 35.4. The minimum Gasteiger partial charge on any atom is -0.496 e. The average molecular weight is 1240 g/mol. The van der Waals surface area contributed by atoms with Gasteiger partial charge in [0.15, 0.2) is 23.8 Å². The van der Waals surface area contributed by atoms with Crippen LogP contribution < -0.4 is 112 Å². The Morgan fingerprint density at radius 3 is 0.888 bits per heavy atom. The van der Waals surface area contributed by atoms with Crippen LogP contribution in [-0.2, 0) is 19.2 Å². The van der Waals surface area contributed by atoms with Crippen molar-refractivity contribution < 1.29 is 57.3 Å². The number of hydrogen-bond acceptors (Lipinski definition) is 17. The molecule has 4 atom stereocenters. The topological polar surface area (TPSA) is 557 Å². The molecule has 0 saturated carbocycles. The van der Waals surface area contributed by atoms with Gasteiger partial charge in [0, 0.05) is 48.9 Å². The molecule has 33 heteroatoms.